The quantitative estimate of drug-likeness (QED) is 0.478. The highest BCUT2D eigenvalue weighted by atomic mass is 16.4. The molecule has 0 aromatic heterocycles. The van der Waals surface area contributed by atoms with Gasteiger partial charge in [0, 0.05) is 17.8 Å². The maximum absolute atomic E-state index is 13.4. The van der Waals surface area contributed by atoms with Crippen LogP contribution in [0.25, 0.3) is 0 Å². The molecule has 4 aliphatic carbocycles. The molecule has 0 spiro atoms. The Morgan fingerprint density at radius 2 is 1.81 bits per heavy atom. The Labute approximate surface area is 160 Å². The van der Waals surface area contributed by atoms with E-state index in [1.807, 2.05) is 6.92 Å². The van der Waals surface area contributed by atoms with Crippen LogP contribution < -0.4 is 0 Å². The average Bonchev–Trinajstić information content (AvgIpc) is 2.87. The van der Waals surface area contributed by atoms with E-state index in [0.717, 1.165) is 6.42 Å². The summed E-state index contributed by atoms with van der Waals surface area (Å²) in [5.74, 6) is -0.113. The molecule has 0 amide bonds. The van der Waals surface area contributed by atoms with Gasteiger partial charge < -0.3 is 25.5 Å². The lowest BCUT2D eigenvalue weighted by Crippen LogP contribution is -2.64. The summed E-state index contributed by atoms with van der Waals surface area (Å²) in [6.07, 6.45) is 1.47. The first-order valence-corrected chi connectivity index (χ1v) is 10.5. The van der Waals surface area contributed by atoms with Gasteiger partial charge >= 0.3 is 0 Å². The first kappa shape index (κ1) is 19.8. The topological polar surface area (TPSA) is 118 Å². The minimum Gasteiger partial charge on any atom is -0.394 e. The molecule has 0 saturated heterocycles. The molecule has 27 heavy (non-hydrogen) atoms. The van der Waals surface area contributed by atoms with Gasteiger partial charge in [-0.1, -0.05) is 13.8 Å². The zero-order valence-electron chi connectivity index (χ0n) is 16.3. The lowest BCUT2D eigenvalue weighted by atomic mass is 9.43. The summed E-state index contributed by atoms with van der Waals surface area (Å²) < 4.78 is 0. The normalized spacial score (nSPS) is 56.2. The zero-order chi connectivity index (χ0) is 19.8. The van der Waals surface area contributed by atoms with E-state index in [4.69, 9.17) is 0 Å². The summed E-state index contributed by atoms with van der Waals surface area (Å²) in [4.78, 5) is 13.4. The Balaban J connectivity index is 1.72. The molecule has 0 aromatic carbocycles. The SMILES string of the molecule is C[C@]12CC[C@@H](O)C[C@H]1[C@@H](O)C[C@@H]1[C@@H]2C(=O)C[C@@]2(C)[C@H]1CC[C@]2(O)[C@H](O)CO. The molecule has 4 saturated carbocycles. The van der Waals surface area contributed by atoms with Crippen LogP contribution in [0.5, 0.6) is 0 Å². The molecule has 4 fully saturated rings. The highest BCUT2D eigenvalue weighted by Gasteiger charge is 2.69. The second-order valence-corrected chi connectivity index (χ2v) is 10.3. The summed E-state index contributed by atoms with van der Waals surface area (Å²) in [5.41, 5.74) is -2.58. The Morgan fingerprint density at radius 1 is 1.11 bits per heavy atom. The highest BCUT2D eigenvalue weighted by molar-refractivity contribution is 5.84. The summed E-state index contributed by atoms with van der Waals surface area (Å²) >= 11 is 0. The molecule has 4 aliphatic rings. The fraction of sp³-hybridized carbons (Fsp3) is 0.952. The zero-order valence-corrected chi connectivity index (χ0v) is 16.3. The Hall–Kier alpha value is -0.530. The predicted molar refractivity (Wildman–Crippen MR) is 97.6 cm³/mol. The maximum atomic E-state index is 13.4. The van der Waals surface area contributed by atoms with Crippen molar-refractivity contribution in [3.8, 4) is 0 Å². The molecule has 0 aliphatic heterocycles. The Kier molecular flexibility index (Phi) is 4.56. The van der Waals surface area contributed by atoms with Crippen molar-refractivity contribution in [2.24, 2.45) is 34.5 Å². The van der Waals surface area contributed by atoms with Crippen molar-refractivity contribution in [3.05, 3.63) is 0 Å². The summed E-state index contributed by atoms with van der Waals surface area (Å²) in [6, 6.07) is 0. The van der Waals surface area contributed by atoms with Gasteiger partial charge in [0.15, 0.2) is 0 Å². The molecule has 6 heteroatoms. The number of carbonyl (C=O) groups is 1. The first-order valence-electron chi connectivity index (χ1n) is 10.5. The molecule has 5 N–H and O–H groups in total. The van der Waals surface area contributed by atoms with Crippen molar-refractivity contribution in [2.75, 3.05) is 6.61 Å². The smallest absolute Gasteiger partial charge is 0.137 e. The summed E-state index contributed by atoms with van der Waals surface area (Å²) in [6.45, 7) is 3.46. The third-order valence-electron chi connectivity index (χ3n) is 9.28. The van der Waals surface area contributed by atoms with E-state index >= 15 is 0 Å². The van der Waals surface area contributed by atoms with Gasteiger partial charge in [-0.2, -0.15) is 0 Å². The molecule has 10 atom stereocenters. The lowest BCUT2D eigenvalue weighted by Gasteiger charge is -2.61. The Morgan fingerprint density at radius 3 is 2.48 bits per heavy atom. The lowest BCUT2D eigenvalue weighted by molar-refractivity contribution is -0.207. The first-order chi connectivity index (χ1) is 12.6. The number of rotatable bonds is 2. The van der Waals surface area contributed by atoms with E-state index < -0.39 is 35.9 Å². The highest BCUT2D eigenvalue weighted by Crippen LogP contribution is 2.67. The van der Waals surface area contributed by atoms with Crippen LogP contribution in [0.15, 0.2) is 0 Å². The number of carbonyl (C=O) groups excluding carboxylic acids is 1. The van der Waals surface area contributed by atoms with E-state index in [9.17, 15) is 30.3 Å². The molecule has 4 rings (SSSR count). The van der Waals surface area contributed by atoms with Gasteiger partial charge in [0.1, 0.15) is 11.9 Å². The van der Waals surface area contributed by atoms with E-state index in [-0.39, 0.29) is 41.3 Å². The van der Waals surface area contributed by atoms with Crippen molar-refractivity contribution >= 4 is 5.78 Å². The van der Waals surface area contributed by atoms with Crippen LogP contribution in [0.4, 0.5) is 0 Å². The van der Waals surface area contributed by atoms with Crippen LogP contribution in [-0.2, 0) is 4.79 Å². The fourth-order valence-electron chi connectivity index (χ4n) is 7.84. The molecular weight excluding hydrogens is 348 g/mol. The Bertz CT molecular complexity index is 624. The molecule has 0 radical (unpaired) electrons. The van der Waals surface area contributed by atoms with E-state index in [1.165, 1.54) is 0 Å². The van der Waals surface area contributed by atoms with E-state index in [1.54, 1.807) is 0 Å². The van der Waals surface area contributed by atoms with Gasteiger partial charge in [0.2, 0.25) is 0 Å². The van der Waals surface area contributed by atoms with Crippen molar-refractivity contribution in [1.29, 1.82) is 0 Å². The van der Waals surface area contributed by atoms with Crippen LogP contribution in [0.1, 0.15) is 58.8 Å². The van der Waals surface area contributed by atoms with Gasteiger partial charge in [-0.3, -0.25) is 4.79 Å². The van der Waals surface area contributed by atoms with Gasteiger partial charge in [-0.25, -0.2) is 0 Å². The van der Waals surface area contributed by atoms with Gasteiger partial charge in [-0.05, 0) is 61.7 Å². The van der Waals surface area contributed by atoms with Crippen LogP contribution in [0.3, 0.4) is 0 Å². The fourth-order valence-corrected chi connectivity index (χ4v) is 7.84. The number of ketones is 1. The second kappa shape index (κ2) is 6.23. The molecule has 0 heterocycles. The predicted octanol–water partition coefficient (Wildman–Crippen LogP) is 0.624. The largest absolute Gasteiger partial charge is 0.394 e. The van der Waals surface area contributed by atoms with Crippen LogP contribution in [0, 0.1) is 34.5 Å². The summed E-state index contributed by atoms with van der Waals surface area (Å²) in [7, 11) is 0. The number of Topliss-reactive ketones (excluding diaryl/α,β-unsaturated/α-hetero) is 1. The third-order valence-corrected chi connectivity index (χ3v) is 9.28. The van der Waals surface area contributed by atoms with Gasteiger partial charge in [0.25, 0.3) is 0 Å². The molecule has 0 bridgehead atoms. The molecule has 0 aromatic rings. The number of aliphatic hydroxyl groups excluding tert-OH is 4. The van der Waals surface area contributed by atoms with Crippen molar-refractivity contribution in [3.63, 3.8) is 0 Å². The minimum atomic E-state index is -1.47. The molecule has 0 unspecified atom stereocenters. The number of hydrogen-bond donors (Lipinski definition) is 5. The van der Waals surface area contributed by atoms with Crippen LogP contribution >= 0.6 is 0 Å². The third kappa shape index (κ3) is 2.46. The average molecular weight is 382 g/mol. The standard InChI is InChI=1S/C21H34O6/c1-19-5-3-11(23)7-14(19)15(24)8-12-13-4-6-21(27,17(26)10-22)20(13,2)9-16(25)18(12)19/h11-15,17-18,22-24,26-27H,3-10H2,1-2H3/t11-,12+,13+,14+,15+,17-,18-,19+,20+,21+/m1/s1. The van der Waals surface area contributed by atoms with Crippen molar-refractivity contribution in [2.45, 2.75) is 82.7 Å². The minimum absolute atomic E-state index is 0.0253. The van der Waals surface area contributed by atoms with Gasteiger partial charge in [0.05, 0.1) is 24.4 Å². The van der Waals surface area contributed by atoms with E-state index in [0.29, 0.717) is 32.1 Å². The van der Waals surface area contributed by atoms with Crippen molar-refractivity contribution in [1.82, 2.24) is 0 Å². The number of fused-ring (bicyclic) bond motifs is 5. The number of aliphatic hydroxyl groups is 5. The van der Waals surface area contributed by atoms with Crippen LogP contribution in [0.2, 0.25) is 0 Å². The van der Waals surface area contributed by atoms with E-state index in [2.05, 4.69) is 6.92 Å². The molecule has 6 nitrogen and oxygen atoms in total. The monoisotopic (exact) mass is 382 g/mol. The maximum Gasteiger partial charge on any atom is 0.137 e. The van der Waals surface area contributed by atoms with Crippen LogP contribution in [-0.4, -0.2) is 61.8 Å². The van der Waals surface area contributed by atoms with Gasteiger partial charge in [-0.15, -0.1) is 0 Å². The summed E-state index contributed by atoms with van der Waals surface area (Å²) in [5, 5.41) is 52.1. The number of hydrogen-bond acceptors (Lipinski definition) is 6. The molecule has 154 valence electrons. The van der Waals surface area contributed by atoms with Crippen molar-refractivity contribution < 1.29 is 30.3 Å². The molecular formula is C21H34O6. The second-order valence-electron chi connectivity index (χ2n) is 10.3.